The van der Waals surface area contributed by atoms with E-state index < -0.39 is 11.9 Å². The number of imide groups is 1. The van der Waals surface area contributed by atoms with Crippen LogP contribution in [0.25, 0.3) is 0 Å². The largest absolute Gasteiger partial charge is 0.481 e. The highest BCUT2D eigenvalue weighted by Crippen LogP contribution is 2.15. The van der Waals surface area contributed by atoms with Crippen molar-refractivity contribution in [2.45, 2.75) is 40.0 Å². The minimum atomic E-state index is -0.948. The number of carboxylic acids is 1. The fourth-order valence-corrected chi connectivity index (χ4v) is 2.22. The predicted molar refractivity (Wildman–Crippen MR) is 107 cm³/mol. The number of likely N-dealkylation sites (tertiary alicyclic amines) is 1. The molecule has 12 heteroatoms. The molecule has 172 valence electrons. The zero-order valence-electron chi connectivity index (χ0n) is 18.3. The van der Waals surface area contributed by atoms with Gasteiger partial charge in [0.05, 0.1) is 6.42 Å². The lowest BCUT2D eigenvalue weighted by Gasteiger charge is -2.07. The van der Waals surface area contributed by atoms with Gasteiger partial charge in [-0.25, -0.2) is 5.84 Å². The summed E-state index contributed by atoms with van der Waals surface area (Å²) in [6.45, 7) is 5.00. The van der Waals surface area contributed by atoms with E-state index >= 15 is 0 Å². The zero-order valence-corrected chi connectivity index (χ0v) is 18.3. The summed E-state index contributed by atoms with van der Waals surface area (Å²) in [5.41, 5.74) is 1.96. The van der Waals surface area contributed by atoms with Crippen LogP contribution in [0.5, 0.6) is 0 Å². The summed E-state index contributed by atoms with van der Waals surface area (Å²) in [4.78, 5) is 64.9. The third kappa shape index (κ3) is 11.7. The van der Waals surface area contributed by atoms with E-state index in [1.165, 1.54) is 26.0 Å². The van der Waals surface area contributed by atoms with Crippen LogP contribution < -0.4 is 21.9 Å². The molecular weight excluding hydrogens is 398 g/mol. The number of hydrogen-bond donors (Lipinski definition) is 5. The van der Waals surface area contributed by atoms with Crippen molar-refractivity contribution in [2.75, 3.05) is 21.1 Å². The van der Waals surface area contributed by atoms with Gasteiger partial charge in [0.15, 0.2) is 0 Å². The van der Waals surface area contributed by atoms with Gasteiger partial charge < -0.3 is 15.7 Å². The molecule has 0 aromatic heterocycles. The lowest BCUT2D eigenvalue weighted by Crippen LogP contribution is -2.35. The quantitative estimate of drug-likeness (QED) is 0.147. The molecule has 0 aliphatic carbocycles. The Balaban J connectivity index is 0. The van der Waals surface area contributed by atoms with Crippen LogP contribution in [0.2, 0.25) is 0 Å². The van der Waals surface area contributed by atoms with Crippen molar-refractivity contribution >= 4 is 35.5 Å². The minimum absolute atomic E-state index is 0.0556. The Bertz CT molecular complexity index is 638. The number of carboxylic acid groups (broad SMARTS) is 1. The Morgan fingerprint density at radius 1 is 1.07 bits per heavy atom. The molecule has 0 aromatic carbocycles. The number of nitrogens with one attached hydrogen (secondary N) is 3. The highest BCUT2D eigenvalue weighted by Gasteiger charge is 2.32. The van der Waals surface area contributed by atoms with Crippen molar-refractivity contribution in [3.8, 4) is 0 Å². The van der Waals surface area contributed by atoms with Gasteiger partial charge in [0.2, 0.25) is 29.5 Å². The topological polar surface area (TPSA) is 188 Å². The van der Waals surface area contributed by atoms with Gasteiger partial charge in [-0.15, -0.1) is 0 Å². The molecule has 0 spiro atoms. The summed E-state index contributed by atoms with van der Waals surface area (Å²) >= 11 is 0. The maximum atomic E-state index is 10.8. The van der Waals surface area contributed by atoms with E-state index in [4.69, 9.17) is 10.9 Å². The van der Waals surface area contributed by atoms with Crippen LogP contribution in [-0.4, -0.2) is 66.7 Å². The number of rotatable bonds is 6. The first-order chi connectivity index (χ1) is 13.8. The molecule has 6 N–H and O–H groups in total. The van der Waals surface area contributed by atoms with E-state index in [2.05, 4.69) is 10.6 Å². The molecule has 1 fully saturated rings. The summed E-state index contributed by atoms with van der Waals surface area (Å²) in [7, 11) is 4.54. The maximum Gasteiger partial charge on any atom is 0.304 e. The first-order valence-corrected chi connectivity index (χ1v) is 9.26. The Morgan fingerprint density at radius 2 is 1.50 bits per heavy atom. The van der Waals surface area contributed by atoms with E-state index in [1.807, 2.05) is 5.43 Å². The third-order valence-corrected chi connectivity index (χ3v) is 4.13. The highest BCUT2D eigenvalue weighted by molar-refractivity contribution is 6.02. The van der Waals surface area contributed by atoms with Gasteiger partial charge >= 0.3 is 5.97 Å². The number of hydrazine groups is 1. The number of hydrogen-bond acceptors (Lipinski definition) is 7. The molecule has 0 radical (unpaired) electrons. The van der Waals surface area contributed by atoms with E-state index in [9.17, 15) is 28.8 Å². The van der Waals surface area contributed by atoms with Gasteiger partial charge in [0, 0.05) is 51.7 Å². The molecule has 1 heterocycles. The summed E-state index contributed by atoms with van der Waals surface area (Å²) in [6, 6.07) is 0. The van der Waals surface area contributed by atoms with Crippen LogP contribution in [0.15, 0.2) is 0 Å². The van der Waals surface area contributed by atoms with Gasteiger partial charge in [-0.3, -0.25) is 39.1 Å². The van der Waals surface area contributed by atoms with Crippen molar-refractivity contribution < 1.29 is 33.9 Å². The SMILES string of the molecule is CC1CC(=O)N(C)C1=O.CNC(=O)C(C)CC(=O)NN.CNC(=O)C(C)CC(=O)O. The van der Waals surface area contributed by atoms with Gasteiger partial charge in [-0.1, -0.05) is 20.8 Å². The van der Waals surface area contributed by atoms with Gasteiger partial charge in [-0.05, 0) is 0 Å². The Morgan fingerprint density at radius 3 is 1.73 bits per heavy atom. The van der Waals surface area contributed by atoms with Crippen LogP contribution >= 0.6 is 0 Å². The molecule has 0 aromatic rings. The second kappa shape index (κ2) is 14.9. The molecule has 12 nitrogen and oxygen atoms in total. The van der Waals surface area contributed by atoms with E-state index in [-0.39, 0.29) is 54.2 Å². The van der Waals surface area contributed by atoms with Gasteiger partial charge in [0.1, 0.15) is 0 Å². The van der Waals surface area contributed by atoms with E-state index in [0.29, 0.717) is 6.42 Å². The first kappa shape index (κ1) is 29.2. The molecule has 1 rings (SSSR count). The number of carbonyl (C=O) groups is 6. The summed E-state index contributed by atoms with van der Waals surface area (Å²) in [5.74, 6) is 2.17. The Hall–Kier alpha value is -3.02. The second-order valence-corrected chi connectivity index (χ2v) is 6.80. The Kier molecular flexibility index (Phi) is 14.5. The summed E-state index contributed by atoms with van der Waals surface area (Å²) < 4.78 is 0. The number of nitrogens with two attached hydrogens (primary N) is 1. The third-order valence-electron chi connectivity index (χ3n) is 4.13. The average molecular weight is 431 g/mol. The summed E-state index contributed by atoms with van der Waals surface area (Å²) in [6.07, 6.45) is 0.394. The highest BCUT2D eigenvalue weighted by atomic mass is 16.4. The molecule has 5 amide bonds. The van der Waals surface area contributed by atoms with Gasteiger partial charge in [-0.2, -0.15) is 0 Å². The number of nitrogens with zero attached hydrogens (tertiary/aromatic N) is 1. The predicted octanol–water partition coefficient (Wildman–Crippen LogP) is -1.40. The monoisotopic (exact) mass is 431 g/mol. The number of carbonyl (C=O) groups excluding carboxylic acids is 5. The van der Waals surface area contributed by atoms with E-state index in [0.717, 1.165) is 0 Å². The van der Waals surface area contributed by atoms with Crippen molar-refractivity contribution in [3.63, 3.8) is 0 Å². The number of amides is 5. The van der Waals surface area contributed by atoms with Crippen LogP contribution in [0.3, 0.4) is 0 Å². The normalized spacial score (nSPS) is 16.8. The van der Waals surface area contributed by atoms with Crippen molar-refractivity contribution in [1.82, 2.24) is 21.0 Å². The zero-order chi connectivity index (χ0) is 24.0. The van der Waals surface area contributed by atoms with Crippen molar-refractivity contribution in [3.05, 3.63) is 0 Å². The first-order valence-electron chi connectivity index (χ1n) is 9.26. The van der Waals surface area contributed by atoms with Gasteiger partial charge in [0.25, 0.3) is 0 Å². The maximum absolute atomic E-state index is 10.8. The lowest BCUT2D eigenvalue weighted by atomic mass is 10.1. The van der Waals surface area contributed by atoms with Crippen LogP contribution in [0.4, 0.5) is 0 Å². The molecule has 0 bridgehead atoms. The molecular formula is C18H33N5O7. The smallest absolute Gasteiger partial charge is 0.304 e. The second-order valence-electron chi connectivity index (χ2n) is 6.80. The number of aliphatic carboxylic acids is 1. The molecule has 0 saturated carbocycles. The molecule has 3 unspecified atom stereocenters. The molecule has 1 aliphatic heterocycles. The standard InChI is InChI=1S/C6H13N3O2.C6H11NO3.C6H9NO2/c1-4(6(11)8-2)3-5(10)9-7;1-4(3-5(8)9)6(10)7-2;1-4-3-5(8)7(2)6(4)9/h4H,3,7H2,1-2H3,(H,8,11)(H,9,10);4H,3H2,1-2H3,(H,7,10)(H,8,9);4H,3H2,1-2H3. The molecule has 3 atom stereocenters. The fourth-order valence-electron chi connectivity index (χ4n) is 2.22. The van der Waals surface area contributed by atoms with Crippen molar-refractivity contribution in [2.24, 2.45) is 23.6 Å². The van der Waals surface area contributed by atoms with Crippen LogP contribution in [0.1, 0.15) is 40.0 Å². The van der Waals surface area contributed by atoms with Crippen LogP contribution in [0, 0.1) is 17.8 Å². The fraction of sp³-hybridized carbons (Fsp3) is 0.667. The molecule has 1 aliphatic rings. The van der Waals surface area contributed by atoms with Crippen molar-refractivity contribution in [1.29, 1.82) is 0 Å². The minimum Gasteiger partial charge on any atom is -0.481 e. The lowest BCUT2D eigenvalue weighted by molar-refractivity contribution is -0.140. The average Bonchev–Trinajstić information content (AvgIpc) is 2.92. The Labute approximate surface area is 175 Å². The molecule has 30 heavy (non-hydrogen) atoms. The van der Waals surface area contributed by atoms with Crippen LogP contribution in [-0.2, 0) is 28.8 Å². The molecule has 1 saturated heterocycles. The summed E-state index contributed by atoms with van der Waals surface area (Å²) in [5, 5.41) is 13.1. The van der Waals surface area contributed by atoms with E-state index in [1.54, 1.807) is 20.8 Å².